The van der Waals surface area contributed by atoms with Crippen LogP contribution in [0.25, 0.3) is 0 Å². The standard InChI is InChI=1S/C20H34N4O2.HI/c1-5-21-20(23-10-7-13-26-15-16(2)3)24-12-11-22-19(25)18-9-6-8-17(4)14-18;/h6,8-9,14,16H,5,7,10-13,15H2,1-4H3,(H,22,25)(H2,21,23,24);1H. The Morgan fingerprint density at radius 1 is 1.19 bits per heavy atom. The van der Waals surface area contributed by atoms with E-state index in [1.165, 1.54) is 0 Å². The Balaban J connectivity index is 0.00000676. The topological polar surface area (TPSA) is 74.8 Å². The van der Waals surface area contributed by atoms with Crippen LogP contribution in [0.4, 0.5) is 0 Å². The first-order chi connectivity index (χ1) is 12.5. The average Bonchev–Trinajstić information content (AvgIpc) is 2.61. The highest BCUT2D eigenvalue weighted by molar-refractivity contribution is 14.0. The van der Waals surface area contributed by atoms with Crippen LogP contribution in [0.1, 0.15) is 43.1 Å². The minimum absolute atomic E-state index is 0. The number of guanidine groups is 1. The number of halogens is 1. The first kappa shape index (κ1) is 25.6. The Labute approximate surface area is 181 Å². The number of aryl methyl sites for hydroxylation is 1. The second-order valence-electron chi connectivity index (χ2n) is 6.64. The second kappa shape index (κ2) is 15.7. The molecule has 1 rings (SSSR count). The van der Waals surface area contributed by atoms with E-state index in [1.54, 1.807) is 0 Å². The number of carbonyl (C=O) groups is 1. The highest BCUT2D eigenvalue weighted by atomic mass is 127. The van der Waals surface area contributed by atoms with Crippen molar-refractivity contribution in [1.82, 2.24) is 16.0 Å². The lowest BCUT2D eigenvalue weighted by Crippen LogP contribution is -2.41. The summed E-state index contributed by atoms with van der Waals surface area (Å²) in [6.07, 6.45) is 0.896. The van der Waals surface area contributed by atoms with Gasteiger partial charge in [0.15, 0.2) is 5.96 Å². The first-order valence-electron chi connectivity index (χ1n) is 9.47. The van der Waals surface area contributed by atoms with Gasteiger partial charge in [-0.3, -0.25) is 9.79 Å². The van der Waals surface area contributed by atoms with Gasteiger partial charge in [0.05, 0.1) is 0 Å². The summed E-state index contributed by atoms with van der Waals surface area (Å²) in [5.41, 5.74) is 1.77. The lowest BCUT2D eigenvalue weighted by atomic mass is 10.1. The van der Waals surface area contributed by atoms with Crippen molar-refractivity contribution in [3.8, 4) is 0 Å². The van der Waals surface area contributed by atoms with Gasteiger partial charge < -0.3 is 20.7 Å². The monoisotopic (exact) mass is 490 g/mol. The number of nitrogens with one attached hydrogen (secondary N) is 3. The van der Waals surface area contributed by atoms with Crippen molar-refractivity contribution in [3.05, 3.63) is 35.4 Å². The van der Waals surface area contributed by atoms with Crippen molar-refractivity contribution in [2.45, 2.75) is 34.1 Å². The molecule has 0 aromatic heterocycles. The smallest absolute Gasteiger partial charge is 0.251 e. The molecule has 6 nitrogen and oxygen atoms in total. The maximum absolute atomic E-state index is 12.1. The Hall–Kier alpha value is -1.35. The molecule has 1 aromatic carbocycles. The summed E-state index contributed by atoms with van der Waals surface area (Å²) in [5, 5.41) is 9.35. The molecular weight excluding hydrogens is 455 g/mol. The molecule has 0 heterocycles. The van der Waals surface area contributed by atoms with Gasteiger partial charge >= 0.3 is 0 Å². The molecule has 0 saturated carbocycles. The molecule has 0 spiro atoms. The highest BCUT2D eigenvalue weighted by Gasteiger charge is 2.04. The molecule has 27 heavy (non-hydrogen) atoms. The molecular formula is C20H35IN4O2. The molecule has 0 fully saturated rings. The number of hydrogen-bond acceptors (Lipinski definition) is 3. The van der Waals surface area contributed by atoms with E-state index in [0.717, 1.165) is 37.7 Å². The summed E-state index contributed by atoms with van der Waals surface area (Å²) in [4.78, 5) is 16.6. The molecule has 0 saturated heterocycles. The van der Waals surface area contributed by atoms with Crippen LogP contribution in [0, 0.1) is 12.8 Å². The largest absolute Gasteiger partial charge is 0.381 e. The van der Waals surface area contributed by atoms with Gasteiger partial charge in [-0.2, -0.15) is 0 Å². The quantitative estimate of drug-likeness (QED) is 0.193. The molecule has 3 N–H and O–H groups in total. The van der Waals surface area contributed by atoms with Crippen molar-refractivity contribution in [1.29, 1.82) is 0 Å². The van der Waals surface area contributed by atoms with Crippen LogP contribution in [0.2, 0.25) is 0 Å². The minimum Gasteiger partial charge on any atom is -0.381 e. The Morgan fingerprint density at radius 2 is 1.93 bits per heavy atom. The fraction of sp³-hybridized carbons (Fsp3) is 0.600. The van der Waals surface area contributed by atoms with Gasteiger partial charge in [-0.1, -0.05) is 31.5 Å². The Kier molecular flexibility index (Phi) is 14.9. The van der Waals surface area contributed by atoms with Crippen LogP contribution in [-0.2, 0) is 4.74 Å². The van der Waals surface area contributed by atoms with Gasteiger partial charge in [-0.05, 0) is 38.3 Å². The lowest BCUT2D eigenvalue weighted by molar-refractivity contribution is 0.0954. The molecule has 7 heteroatoms. The molecule has 154 valence electrons. The SMILES string of the molecule is CCNC(=NCCCOCC(C)C)NCCNC(=O)c1cccc(C)c1.I. The van der Waals surface area contributed by atoms with Crippen LogP contribution in [0.15, 0.2) is 29.3 Å². The fourth-order valence-electron chi connectivity index (χ4n) is 2.26. The summed E-state index contributed by atoms with van der Waals surface area (Å²) in [5.74, 6) is 1.27. The maximum Gasteiger partial charge on any atom is 0.251 e. The third kappa shape index (κ3) is 12.6. The number of hydrogen-bond donors (Lipinski definition) is 3. The van der Waals surface area contributed by atoms with E-state index in [2.05, 4.69) is 34.8 Å². The number of amides is 1. The molecule has 1 aromatic rings. The number of aliphatic imine (C=N–C) groups is 1. The number of carbonyl (C=O) groups excluding carboxylic acids is 1. The molecule has 0 aliphatic rings. The van der Waals surface area contributed by atoms with Crippen molar-refractivity contribution >= 4 is 35.8 Å². The van der Waals surface area contributed by atoms with Gasteiger partial charge in [0.2, 0.25) is 0 Å². The average molecular weight is 490 g/mol. The molecule has 1 amide bonds. The number of rotatable bonds is 11. The lowest BCUT2D eigenvalue weighted by Gasteiger charge is -2.12. The minimum atomic E-state index is -0.0558. The second-order valence-corrected chi connectivity index (χ2v) is 6.64. The Bertz CT molecular complexity index is 565. The zero-order valence-corrected chi connectivity index (χ0v) is 19.3. The molecule has 0 radical (unpaired) electrons. The predicted octanol–water partition coefficient (Wildman–Crippen LogP) is 2.96. The van der Waals surface area contributed by atoms with Crippen molar-refractivity contribution in [2.75, 3.05) is 39.4 Å². The summed E-state index contributed by atoms with van der Waals surface area (Å²) in [7, 11) is 0. The molecule has 0 atom stereocenters. The van der Waals surface area contributed by atoms with Crippen LogP contribution >= 0.6 is 24.0 Å². The van der Waals surface area contributed by atoms with Crippen LogP contribution in [0.5, 0.6) is 0 Å². The normalized spacial score (nSPS) is 11.1. The molecule has 0 bridgehead atoms. The zero-order chi connectivity index (χ0) is 19.2. The molecule has 0 aliphatic heterocycles. The number of ether oxygens (including phenoxy) is 1. The van der Waals surface area contributed by atoms with E-state index >= 15 is 0 Å². The van der Waals surface area contributed by atoms with E-state index in [4.69, 9.17) is 4.74 Å². The van der Waals surface area contributed by atoms with Gasteiger partial charge in [0, 0.05) is 45.0 Å². The van der Waals surface area contributed by atoms with E-state index in [0.29, 0.717) is 31.1 Å². The van der Waals surface area contributed by atoms with Crippen LogP contribution in [0.3, 0.4) is 0 Å². The van der Waals surface area contributed by atoms with E-state index in [1.807, 2.05) is 38.1 Å². The van der Waals surface area contributed by atoms with Gasteiger partial charge in [-0.15, -0.1) is 24.0 Å². The summed E-state index contributed by atoms with van der Waals surface area (Å²) in [6.45, 7) is 12.5. The maximum atomic E-state index is 12.1. The van der Waals surface area contributed by atoms with E-state index < -0.39 is 0 Å². The van der Waals surface area contributed by atoms with Gasteiger partial charge in [0.1, 0.15) is 0 Å². The summed E-state index contributed by atoms with van der Waals surface area (Å²) in [6, 6.07) is 7.58. The molecule has 0 aliphatic carbocycles. The highest BCUT2D eigenvalue weighted by Crippen LogP contribution is 2.03. The predicted molar refractivity (Wildman–Crippen MR) is 123 cm³/mol. The van der Waals surface area contributed by atoms with Crippen molar-refractivity contribution in [2.24, 2.45) is 10.9 Å². The summed E-state index contributed by atoms with van der Waals surface area (Å²) < 4.78 is 5.55. The van der Waals surface area contributed by atoms with Crippen LogP contribution in [-0.4, -0.2) is 51.3 Å². The number of benzene rings is 1. The van der Waals surface area contributed by atoms with E-state index in [9.17, 15) is 4.79 Å². The third-order valence-corrected chi connectivity index (χ3v) is 3.50. The van der Waals surface area contributed by atoms with Crippen LogP contribution < -0.4 is 16.0 Å². The zero-order valence-electron chi connectivity index (χ0n) is 17.0. The van der Waals surface area contributed by atoms with Crippen molar-refractivity contribution < 1.29 is 9.53 Å². The van der Waals surface area contributed by atoms with Crippen molar-refractivity contribution in [3.63, 3.8) is 0 Å². The summed E-state index contributed by atoms with van der Waals surface area (Å²) >= 11 is 0. The van der Waals surface area contributed by atoms with E-state index in [-0.39, 0.29) is 29.9 Å². The molecule has 0 unspecified atom stereocenters. The first-order valence-corrected chi connectivity index (χ1v) is 9.47. The van der Waals surface area contributed by atoms with Gasteiger partial charge in [-0.25, -0.2) is 0 Å². The number of nitrogens with zero attached hydrogens (tertiary/aromatic N) is 1. The third-order valence-electron chi connectivity index (χ3n) is 3.50. The van der Waals surface area contributed by atoms with Gasteiger partial charge in [0.25, 0.3) is 5.91 Å². The Morgan fingerprint density at radius 3 is 2.59 bits per heavy atom. The fourth-order valence-corrected chi connectivity index (χ4v) is 2.26.